The van der Waals surface area contributed by atoms with E-state index in [-0.39, 0.29) is 24.1 Å². The van der Waals surface area contributed by atoms with Gasteiger partial charge in [-0.2, -0.15) is 5.26 Å². The first kappa shape index (κ1) is 24.4. The highest BCUT2D eigenvalue weighted by atomic mass is 35.5. The molecule has 0 radical (unpaired) electrons. The summed E-state index contributed by atoms with van der Waals surface area (Å²) in [5, 5.41) is 9.30. The second kappa shape index (κ2) is 9.96. The molecule has 0 aliphatic carbocycles. The number of nitriles is 1. The lowest BCUT2D eigenvalue weighted by molar-refractivity contribution is -0.274. The van der Waals surface area contributed by atoms with Crippen molar-refractivity contribution in [3.63, 3.8) is 0 Å². The minimum absolute atomic E-state index is 0. The topological polar surface area (TPSA) is 69.5 Å². The van der Waals surface area contributed by atoms with Gasteiger partial charge in [-0.3, -0.25) is 9.69 Å². The Morgan fingerprint density at radius 1 is 1.16 bits per heavy atom. The maximum atomic E-state index is 13.1. The second-order valence-corrected chi connectivity index (χ2v) is 7.63. The number of likely N-dealkylation sites (N-methyl/N-ethyl adjacent to an activating group) is 1. The van der Waals surface area contributed by atoms with Crippen molar-refractivity contribution in [2.75, 3.05) is 32.1 Å². The van der Waals surface area contributed by atoms with Crippen LogP contribution >= 0.6 is 23.7 Å². The van der Waals surface area contributed by atoms with E-state index in [0.717, 1.165) is 11.3 Å². The summed E-state index contributed by atoms with van der Waals surface area (Å²) >= 11 is 1.10. The van der Waals surface area contributed by atoms with E-state index in [1.807, 2.05) is 25.1 Å². The molecule has 164 valence electrons. The molecule has 11 heteroatoms. The molecule has 0 saturated heterocycles. The molecule has 0 fully saturated rings. The number of hydrogen-bond donors (Lipinski definition) is 0. The number of ether oxygens (including phenoxy) is 1. The maximum absolute atomic E-state index is 13.1. The van der Waals surface area contributed by atoms with E-state index < -0.39 is 6.36 Å². The number of thiazole rings is 1. The summed E-state index contributed by atoms with van der Waals surface area (Å²) < 4.78 is 41.9. The van der Waals surface area contributed by atoms with Gasteiger partial charge < -0.3 is 9.64 Å². The molecule has 3 rings (SSSR count). The number of aromatic nitrogens is 1. The van der Waals surface area contributed by atoms with E-state index in [4.69, 9.17) is 5.26 Å². The van der Waals surface area contributed by atoms with Crippen molar-refractivity contribution >= 4 is 45.0 Å². The van der Waals surface area contributed by atoms with E-state index in [1.54, 1.807) is 24.3 Å². The zero-order chi connectivity index (χ0) is 21.9. The van der Waals surface area contributed by atoms with Crippen LogP contribution in [-0.2, 0) is 0 Å². The van der Waals surface area contributed by atoms with Gasteiger partial charge in [0.2, 0.25) is 0 Å². The molecule has 0 atom stereocenters. The first-order valence-corrected chi connectivity index (χ1v) is 9.61. The number of alkyl halides is 3. The molecular formula is C20H18ClF3N4O2S. The Labute approximate surface area is 186 Å². The Morgan fingerprint density at radius 3 is 2.42 bits per heavy atom. The standard InChI is InChI=1S/C20H17F3N4O2S.ClH/c1-26(2)9-10-27(18(28)14-5-3-13(12-24)4-6-14)19-25-16-8-7-15(11-17(16)30-19)29-20(21,22)23;/h3-8,11H,9-10H2,1-2H3;1H. The monoisotopic (exact) mass is 470 g/mol. The number of rotatable bonds is 6. The highest BCUT2D eigenvalue weighted by Crippen LogP contribution is 2.33. The molecule has 0 spiro atoms. The quantitative estimate of drug-likeness (QED) is 0.522. The number of fused-ring (bicyclic) bond motifs is 1. The average Bonchev–Trinajstić information content (AvgIpc) is 3.09. The van der Waals surface area contributed by atoms with Crippen LogP contribution in [0.15, 0.2) is 42.5 Å². The minimum atomic E-state index is -4.79. The van der Waals surface area contributed by atoms with Gasteiger partial charge in [0.1, 0.15) is 5.75 Å². The van der Waals surface area contributed by atoms with E-state index in [0.29, 0.717) is 39.6 Å². The number of carbonyl (C=O) groups excluding carboxylic acids is 1. The molecule has 6 nitrogen and oxygen atoms in total. The van der Waals surface area contributed by atoms with Crippen molar-refractivity contribution in [3.05, 3.63) is 53.6 Å². The maximum Gasteiger partial charge on any atom is 0.573 e. The summed E-state index contributed by atoms with van der Waals surface area (Å²) in [4.78, 5) is 20.9. The molecule has 1 aromatic heterocycles. The van der Waals surface area contributed by atoms with Crippen LogP contribution in [0.5, 0.6) is 5.75 Å². The zero-order valence-electron chi connectivity index (χ0n) is 16.5. The minimum Gasteiger partial charge on any atom is -0.406 e. The van der Waals surface area contributed by atoms with Crippen LogP contribution in [0.4, 0.5) is 18.3 Å². The van der Waals surface area contributed by atoms with Gasteiger partial charge in [0.25, 0.3) is 5.91 Å². The fourth-order valence-electron chi connectivity index (χ4n) is 2.63. The third-order valence-electron chi connectivity index (χ3n) is 4.09. The van der Waals surface area contributed by atoms with Gasteiger partial charge in [-0.15, -0.1) is 25.6 Å². The lowest BCUT2D eigenvalue weighted by Crippen LogP contribution is -2.36. The normalized spacial score (nSPS) is 11.1. The van der Waals surface area contributed by atoms with Gasteiger partial charge in [0.05, 0.1) is 21.8 Å². The third kappa shape index (κ3) is 6.30. The molecule has 0 aliphatic rings. The van der Waals surface area contributed by atoms with Crippen LogP contribution in [0.1, 0.15) is 15.9 Å². The van der Waals surface area contributed by atoms with Crippen LogP contribution in [0.25, 0.3) is 10.2 Å². The summed E-state index contributed by atoms with van der Waals surface area (Å²) in [5.41, 5.74) is 1.28. The van der Waals surface area contributed by atoms with E-state index in [1.165, 1.54) is 23.1 Å². The van der Waals surface area contributed by atoms with Crippen molar-refractivity contribution in [1.82, 2.24) is 9.88 Å². The van der Waals surface area contributed by atoms with Gasteiger partial charge in [-0.25, -0.2) is 4.98 Å². The Balaban J connectivity index is 0.00000341. The van der Waals surface area contributed by atoms with Crippen molar-refractivity contribution in [2.24, 2.45) is 0 Å². The number of benzene rings is 2. The molecule has 31 heavy (non-hydrogen) atoms. The summed E-state index contributed by atoms with van der Waals surface area (Å²) in [6.07, 6.45) is -4.79. The molecule has 0 unspecified atom stereocenters. The third-order valence-corrected chi connectivity index (χ3v) is 5.13. The Kier molecular flexibility index (Phi) is 7.84. The molecule has 0 aliphatic heterocycles. The van der Waals surface area contributed by atoms with E-state index in [9.17, 15) is 18.0 Å². The fourth-order valence-corrected chi connectivity index (χ4v) is 3.65. The van der Waals surface area contributed by atoms with Crippen LogP contribution < -0.4 is 9.64 Å². The van der Waals surface area contributed by atoms with E-state index >= 15 is 0 Å². The fraction of sp³-hybridized carbons (Fsp3) is 0.250. The molecule has 1 amide bonds. The largest absolute Gasteiger partial charge is 0.573 e. The number of amides is 1. The lowest BCUT2D eigenvalue weighted by Gasteiger charge is -2.22. The van der Waals surface area contributed by atoms with Crippen LogP contribution in [0, 0.1) is 11.3 Å². The van der Waals surface area contributed by atoms with Crippen molar-refractivity contribution < 1.29 is 22.7 Å². The van der Waals surface area contributed by atoms with Crippen molar-refractivity contribution in [2.45, 2.75) is 6.36 Å². The molecule has 0 saturated carbocycles. The first-order chi connectivity index (χ1) is 14.2. The molecule has 0 bridgehead atoms. The molecule has 0 N–H and O–H groups in total. The van der Waals surface area contributed by atoms with E-state index in [2.05, 4.69) is 9.72 Å². The average molecular weight is 471 g/mol. The first-order valence-electron chi connectivity index (χ1n) is 8.79. The molecular weight excluding hydrogens is 453 g/mol. The van der Waals surface area contributed by atoms with Crippen LogP contribution in [0.2, 0.25) is 0 Å². The molecule has 3 aromatic rings. The number of anilines is 1. The smallest absolute Gasteiger partial charge is 0.406 e. The summed E-state index contributed by atoms with van der Waals surface area (Å²) in [7, 11) is 3.73. The lowest BCUT2D eigenvalue weighted by atomic mass is 10.1. The Morgan fingerprint density at radius 2 is 1.84 bits per heavy atom. The van der Waals surface area contributed by atoms with Crippen LogP contribution in [-0.4, -0.2) is 49.3 Å². The highest BCUT2D eigenvalue weighted by Gasteiger charge is 2.31. The highest BCUT2D eigenvalue weighted by molar-refractivity contribution is 7.22. The van der Waals surface area contributed by atoms with Gasteiger partial charge in [0.15, 0.2) is 5.13 Å². The molecule has 1 heterocycles. The van der Waals surface area contributed by atoms with Gasteiger partial charge in [0, 0.05) is 24.7 Å². The zero-order valence-corrected chi connectivity index (χ0v) is 18.1. The summed E-state index contributed by atoms with van der Waals surface area (Å²) in [6.45, 7) is 0.887. The van der Waals surface area contributed by atoms with Crippen molar-refractivity contribution in [3.8, 4) is 11.8 Å². The Hall–Kier alpha value is -2.87. The van der Waals surface area contributed by atoms with Gasteiger partial charge in [-0.1, -0.05) is 11.3 Å². The van der Waals surface area contributed by atoms with Gasteiger partial charge >= 0.3 is 6.36 Å². The number of carbonyl (C=O) groups is 1. The summed E-state index contributed by atoms with van der Waals surface area (Å²) in [5.74, 6) is -0.657. The van der Waals surface area contributed by atoms with Gasteiger partial charge in [-0.05, 0) is 50.5 Å². The number of halogens is 4. The Bertz CT molecular complexity index is 1090. The second-order valence-electron chi connectivity index (χ2n) is 6.62. The van der Waals surface area contributed by atoms with Crippen LogP contribution in [0.3, 0.4) is 0 Å². The summed E-state index contributed by atoms with van der Waals surface area (Å²) in [6, 6.07) is 12.1. The molecule has 2 aromatic carbocycles. The number of hydrogen-bond acceptors (Lipinski definition) is 6. The van der Waals surface area contributed by atoms with Crippen molar-refractivity contribution in [1.29, 1.82) is 5.26 Å². The predicted octanol–water partition coefficient (Wildman–Crippen LogP) is 4.70. The predicted molar refractivity (Wildman–Crippen MR) is 115 cm³/mol. The number of nitrogens with zero attached hydrogens (tertiary/aromatic N) is 4. The SMILES string of the molecule is CN(C)CCN(C(=O)c1ccc(C#N)cc1)c1nc2ccc(OC(F)(F)F)cc2s1.Cl.